The number of anilines is 1. The van der Waals surface area contributed by atoms with Crippen LogP contribution >= 0.6 is 0 Å². The van der Waals surface area contributed by atoms with E-state index in [0.717, 1.165) is 11.3 Å². The lowest BCUT2D eigenvalue weighted by molar-refractivity contribution is -0.00107. The first kappa shape index (κ1) is 19.1. The van der Waals surface area contributed by atoms with Crippen LogP contribution in [0.3, 0.4) is 0 Å². The Morgan fingerprint density at radius 3 is 2.59 bits per heavy atom. The summed E-state index contributed by atoms with van der Waals surface area (Å²) < 4.78 is 16.4. The number of carbonyl (C=O) groups excluding carboxylic acids is 2. The minimum atomic E-state index is -0.573. The molecule has 0 atom stereocenters. The maximum absolute atomic E-state index is 12.5. The summed E-state index contributed by atoms with van der Waals surface area (Å²) in [5, 5.41) is 0. The van der Waals surface area contributed by atoms with Gasteiger partial charge in [-0.25, -0.2) is 9.59 Å². The van der Waals surface area contributed by atoms with Crippen LogP contribution in [-0.4, -0.2) is 49.4 Å². The molecule has 2 heterocycles. The normalized spacial score (nSPS) is 17.9. The number of likely N-dealkylation sites (tertiary alicyclic amines) is 1. The lowest BCUT2D eigenvalue weighted by Crippen LogP contribution is -2.48. The number of hydrogen-bond acceptors (Lipinski definition) is 5. The Kier molecular flexibility index (Phi) is 5.29. The fourth-order valence-electron chi connectivity index (χ4n) is 3.77. The van der Waals surface area contributed by atoms with Crippen LogP contribution in [0.2, 0.25) is 0 Å². The van der Waals surface area contributed by atoms with E-state index in [-0.39, 0.29) is 18.8 Å². The standard InChI is InChI=1S/C22H24N2O5/c1-27-19-9-5-8-18(14-19)24-16-22(29-21(24)26)10-12-23(13-11-22)20(25)28-15-17-6-3-2-4-7-17/h2-9,14H,10-13,15-16H2,1H3. The largest absolute Gasteiger partial charge is 0.497 e. The van der Waals surface area contributed by atoms with Crippen molar-refractivity contribution in [3.63, 3.8) is 0 Å². The van der Waals surface area contributed by atoms with Crippen molar-refractivity contribution >= 4 is 17.9 Å². The summed E-state index contributed by atoms with van der Waals surface area (Å²) in [7, 11) is 1.59. The van der Waals surface area contributed by atoms with E-state index >= 15 is 0 Å². The molecule has 7 nitrogen and oxygen atoms in total. The van der Waals surface area contributed by atoms with E-state index < -0.39 is 5.60 Å². The highest BCUT2D eigenvalue weighted by Crippen LogP contribution is 2.36. The third-order valence-corrected chi connectivity index (χ3v) is 5.47. The van der Waals surface area contributed by atoms with Crippen molar-refractivity contribution in [1.82, 2.24) is 4.90 Å². The highest BCUT2D eigenvalue weighted by molar-refractivity contribution is 5.90. The second kappa shape index (κ2) is 8.03. The summed E-state index contributed by atoms with van der Waals surface area (Å²) in [6.45, 7) is 1.70. The monoisotopic (exact) mass is 396 g/mol. The zero-order valence-corrected chi connectivity index (χ0v) is 16.4. The molecule has 0 N–H and O–H groups in total. The lowest BCUT2D eigenvalue weighted by Gasteiger charge is -2.36. The summed E-state index contributed by atoms with van der Waals surface area (Å²) in [6.07, 6.45) is 0.468. The average molecular weight is 396 g/mol. The van der Waals surface area contributed by atoms with E-state index in [1.807, 2.05) is 54.6 Å². The molecule has 0 aromatic heterocycles. The summed E-state index contributed by atoms with van der Waals surface area (Å²) in [6, 6.07) is 16.9. The van der Waals surface area contributed by atoms with E-state index in [4.69, 9.17) is 14.2 Å². The Morgan fingerprint density at radius 2 is 1.86 bits per heavy atom. The van der Waals surface area contributed by atoms with E-state index in [1.54, 1.807) is 16.9 Å². The summed E-state index contributed by atoms with van der Waals surface area (Å²) in [4.78, 5) is 28.2. The lowest BCUT2D eigenvalue weighted by atomic mass is 9.91. The van der Waals surface area contributed by atoms with Gasteiger partial charge in [0.15, 0.2) is 0 Å². The van der Waals surface area contributed by atoms with Crippen LogP contribution in [0.15, 0.2) is 54.6 Å². The van der Waals surface area contributed by atoms with E-state index in [9.17, 15) is 9.59 Å². The van der Waals surface area contributed by atoms with Crippen LogP contribution < -0.4 is 9.64 Å². The predicted octanol–water partition coefficient (Wildman–Crippen LogP) is 3.82. The quantitative estimate of drug-likeness (QED) is 0.786. The number of nitrogens with zero attached hydrogens (tertiary/aromatic N) is 2. The number of methoxy groups -OCH3 is 1. The molecule has 7 heteroatoms. The number of benzene rings is 2. The summed E-state index contributed by atoms with van der Waals surface area (Å²) in [5.74, 6) is 0.687. The van der Waals surface area contributed by atoms with Crippen LogP contribution in [0.5, 0.6) is 5.75 Å². The molecular weight excluding hydrogens is 372 g/mol. The smallest absolute Gasteiger partial charge is 0.415 e. The van der Waals surface area contributed by atoms with Crippen LogP contribution in [0.1, 0.15) is 18.4 Å². The van der Waals surface area contributed by atoms with Gasteiger partial charge in [0.2, 0.25) is 0 Å². The molecule has 2 saturated heterocycles. The van der Waals surface area contributed by atoms with Crippen molar-refractivity contribution < 1.29 is 23.8 Å². The first-order chi connectivity index (χ1) is 14.1. The zero-order chi connectivity index (χ0) is 20.3. The van der Waals surface area contributed by atoms with E-state index in [1.165, 1.54) is 0 Å². The maximum Gasteiger partial charge on any atom is 0.415 e. The van der Waals surface area contributed by atoms with Crippen molar-refractivity contribution in [3.05, 3.63) is 60.2 Å². The number of rotatable bonds is 4. The van der Waals surface area contributed by atoms with Gasteiger partial charge in [0.05, 0.1) is 19.3 Å². The summed E-state index contributed by atoms with van der Waals surface area (Å²) in [5.41, 5.74) is 1.13. The minimum absolute atomic E-state index is 0.250. The van der Waals surface area contributed by atoms with Crippen molar-refractivity contribution in [2.45, 2.75) is 25.0 Å². The van der Waals surface area contributed by atoms with Crippen LogP contribution in [0.25, 0.3) is 0 Å². The Bertz CT molecular complexity index is 878. The highest BCUT2D eigenvalue weighted by Gasteiger charge is 2.48. The fourth-order valence-corrected chi connectivity index (χ4v) is 3.77. The second-order valence-corrected chi connectivity index (χ2v) is 7.37. The van der Waals surface area contributed by atoms with Gasteiger partial charge in [0, 0.05) is 32.0 Å². The van der Waals surface area contributed by atoms with Gasteiger partial charge in [0.25, 0.3) is 0 Å². The molecule has 0 bridgehead atoms. The minimum Gasteiger partial charge on any atom is -0.497 e. The molecule has 2 aliphatic heterocycles. The number of carbonyl (C=O) groups is 2. The van der Waals surface area contributed by atoms with E-state index in [0.29, 0.717) is 38.2 Å². The van der Waals surface area contributed by atoms with E-state index in [2.05, 4.69) is 0 Å². The SMILES string of the molecule is COc1cccc(N2CC3(CCN(C(=O)OCc4ccccc4)CC3)OC2=O)c1. The van der Waals surface area contributed by atoms with Crippen LogP contribution in [0, 0.1) is 0 Å². The molecule has 2 aromatic carbocycles. The number of ether oxygens (including phenoxy) is 3. The Labute approximate surface area is 169 Å². The van der Waals surface area contributed by atoms with Crippen molar-refractivity contribution in [1.29, 1.82) is 0 Å². The Morgan fingerprint density at radius 1 is 1.10 bits per heavy atom. The molecule has 2 fully saturated rings. The highest BCUT2D eigenvalue weighted by atomic mass is 16.6. The molecule has 152 valence electrons. The van der Waals surface area contributed by atoms with Gasteiger partial charge in [-0.15, -0.1) is 0 Å². The second-order valence-electron chi connectivity index (χ2n) is 7.37. The first-order valence-electron chi connectivity index (χ1n) is 9.69. The van der Waals surface area contributed by atoms with Crippen LogP contribution in [-0.2, 0) is 16.1 Å². The number of piperidine rings is 1. The third-order valence-electron chi connectivity index (χ3n) is 5.47. The molecule has 0 saturated carbocycles. The molecular formula is C22H24N2O5. The van der Waals surface area contributed by atoms with Crippen LogP contribution in [0.4, 0.5) is 15.3 Å². The molecule has 2 amide bonds. The maximum atomic E-state index is 12.5. The molecule has 0 aliphatic carbocycles. The molecule has 2 aliphatic rings. The van der Waals surface area contributed by atoms with Gasteiger partial charge < -0.3 is 19.1 Å². The Balaban J connectivity index is 1.34. The van der Waals surface area contributed by atoms with Gasteiger partial charge in [-0.2, -0.15) is 0 Å². The molecule has 0 radical (unpaired) electrons. The zero-order valence-electron chi connectivity index (χ0n) is 16.4. The third kappa shape index (κ3) is 4.13. The molecule has 29 heavy (non-hydrogen) atoms. The van der Waals surface area contributed by atoms with Gasteiger partial charge in [-0.3, -0.25) is 4.90 Å². The molecule has 1 spiro atoms. The van der Waals surface area contributed by atoms with Crippen molar-refractivity contribution in [2.24, 2.45) is 0 Å². The Hall–Kier alpha value is -3.22. The number of amides is 2. The van der Waals surface area contributed by atoms with Gasteiger partial charge in [-0.1, -0.05) is 36.4 Å². The topological polar surface area (TPSA) is 68.3 Å². The average Bonchev–Trinajstić information content (AvgIpc) is 3.09. The van der Waals surface area contributed by atoms with Crippen molar-refractivity contribution in [2.75, 3.05) is 31.6 Å². The number of hydrogen-bond donors (Lipinski definition) is 0. The molecule has 2 aromatic rings. The van der Waals surface area contributed by atoms with Gasteiger partial charge in [0.1, 0.15) is 18.0 Å². The molecule has 4 rings (SSSR count). The van der Waals surface area contributed by atoms with Gasteiger partial charge in [-0.05, 0) is 17.7 Å². The van der Waals surface area contributed by atoms with Crippen molar-refractivity contribution in [3.8, 4) is 5.75 Å². The van der Waals surface area contributed by atoms with Gasteiger partial charge >= 0.3 is 12.2 Å². The summed E-state index contributed by atoms with van der Waals surface area (Å²) >= 11 is 0. The fraction of sp³-hybridized carbons (Fsp3) is 0.364. The first-order valence-corrected chi connectivity index (χ1v) is 9.69. The molecule has 0 unspecified atom stereocenters. The predicted molar refractivity (Wildman–Crippen MR) is 107 cm³/mol.